The highest BCUT2D eigenvalue weighted by Crippen LogP contribution is 2.39. The lowest BCUT2D eigenvalue weighted by Gasteiger charge is -2.37. The minimum absolute atomic E-state index is 0.0674. The van der Waals surface area contributed by atoms with Gasteiger partial charge in [-0.1, -0.05) is 11.3 Å². The van der Waals surface area contributed by atoms with Crippen molar-refractivity contribution in [1.82, 2.24) is 19.9 Å². The number of carboxylic acid groups (broad SMARTS) is 1. The Morgan fingerprint density at radius 3 is 2.51 bits per heavy atom. The zero-order valence-corrected chi connectivity index (χ0v) is 23.9. The number of aromatic nitrogens is 3. The summed E-state index contributed by atoms with van der Waals surface area (Å²) in [6.45, 7) is 8.02. The van der Waals surface area contributed by atoms with Gasteiger partial charge in [0.15, 0.2) is 5.13 Å². The van der Waals surface area contributed by atoms with E-state index in [-0.39, 0.29) is 5.56 Å². The molecule has 41 heavy (non-hydrogen) atoms. The first-order valence-corrected chi connectivity index (χ1v) is 14.4. The molecule has 13 heteroatoms. The van der Waals surface area contributed by atoms with Crippen LogP contribution in [0, 0.1) is 18.2 Å². The molecular formula is C28H32F4N6O2S. The molecule has 220 valence electrons. The number of benzene rings is 1. The maximum atomic E-state index is 14.3. The van der Waals surface area contributed by atoms with Gasteiger partial charge in [0.1, 0.15) is 23.3 Å². The molecule has 0 unspecified atom stereocenters. The average Bonchev–Trinajstić information content (AvgIpc) is 3.48. The topological polar surface area (TPSA) is 94.5 Å². The highest BCUT2D eigenvalue weighted by atomic mass is 32.1. The number of hydrogen-bond acceptors (Lipinski definition) is 8. The Morgan fingerprint density at radius 2 is 1.88 bits per heavy atom. The van der Waals surface area contributed by atoms with Crippen molar-refractivity contribution in [3.8, 4) is 11.3 Å². The number of rotatable bonds is 7. The summed E-state index contributed by atoms with van der Waals surface area (Å²) in [5.74, 6) is -0.183. The van der Waals surface area contributed by atoms with Crippen LogP contribution < -0.4 is 10.2 Å². The second kappa shape index (κ2) is 11.2. The van der Waals surface area contributed by atoms with E-state index in [2.05, 4.69) is 32.1 Å². The number of aryl methyl sites for hydroxylation is 1. The molecule has 3 aromatic rings. The number of aliphatic carboxylic acids is 1. The fourth-order valence-corrected chi connectivity index (χ4v) is 6.39. The quantitative estimate of drug-likeness (QED) is 0.301. The first-order chi connectivity index (χ1) is 19.3. The molecule has 5 rings (SSSR count). The molecule has 2 aliphatic heterocycles. The highest BCUT2D eigenvalue weighted by Gasteiger charge is 2.37. The number of piperidine rings is 1. The summed E-state index contributed by atoms with van der Waals surface area (Å²) in [5.41, 5.74) is -1.47. The van der Waals surface area contributed by atoms with E-state index in [1.165, 1.54) is 11.3 Å². The lowest BCUT2D eigenvalue weighted by Crippen LogP contribution is -2.43. The number of anilines is 3. The number of thiazole rings is 1. The predicted molar refractivity (Wildman–Crippen MR) is 149 cm³/mol. The molecule has 2 aliphatic rings. The molecule has 0 aliphatic carbocycles. The first kappa shape index (κ1) is 29.2. The molecule has 0 radical (unpaired) electrons. The number of halogens is 4. The van der Waals surface area contributed by atoms with Gasteiger partial charge in [0.2, 0.25) is 0 Å². The van der Waals surface area contributed by atoms with E-state index in [4.69, 9.17) is 0 Å². The summed E-state index contributed by atoms with van der Waals surface area (Å²) in [6.07, 6.45) is -1.67. The van der Waals surface area contributed by atoms with Gasteiger partial charge in [-0.15, -0.1) is 0 Å². The molecular weight excluding hydrogens is 560 g/mol. The third kappa shape index (κ3) is 6.45. The van der Waals surface area contributed by atoms with Gasteiger partial charge < -0.3 is 15.3 Å². The highest BCUT2D eigenvalue weighted by molar-refractivity contribution is 7.16. The molecule has 2 saturated heterocycles. The van der Waals surface area contributed by atoms with Crippen LogP contribution in [0.5, 0.6) is 0 Å². The Labute approximate surface area is 239 Å². The molecule has 2 N–H and O–H groups in total. The molecule has 0 spiro atoms. The zero-order chi connectivity index (χ0) is 29.5. The number of hydrogen-bond donors (Lipinski definition) is 2. The fraction of sp³-hybridized carbons (Fsp3) is 0.500. The van der Waals surface area contributed by atoms with Gasteiger partial charge in [0.25, 0.3) is 0 Å². The van der Waals surface area contributed by atoms with Crippen molar-refractivity contribution in [2.75, 3.05) is 29.9 Å². The number of carbonyl (C=O) groups is 1. The fourth-order valence-electron chi connectivity index (χ4n) is 5.37. The zero-order valence-electron chi connectivity index (χ0n) is 23.1. The van der Waals surface area contributed by atoms with E-state index in [9.17, 15) is 27.5 Å². The summed E-state index contributed by atoms with van der Waals surface area (Å²) in [7, 11) is 0. The summed E-state index contributed by atoms with van der Waals surface area (Å²) in [4.78, 5) is 30.3. The monoisotopic (exact) mass is 592 g/mol. The van der Waals surface area contributed by atoms with E-state index < -0.39 is 28.9 Å². The maximum absolute atomic E-state index is 14.3. The lowest BCUT2D eigenvalue weighted by atomic mass is 9.80. The van der Waals surface area contributed by atoms with Gasteiger partial charge in [0, 0.05) is 42.2 Å². The minimum atomic E-state index is -4.69. The lowest BCUT2D eigenvalue weighted by molar-refractivity contribution is -0.149. The number of alkyl halides is 3. The molecule has 1 aromatic carbocycles. The Hall–Kier alpha value is -3.32. The Balaban J connectivity index is 1.45. The second-order valence-corrected chi connectivity index (χ2v) is 12.2. The van der Waals surface area contributed by atoms with Crippen LogP contribution in [0.2, 0.25) is 0 Å². The minimum Gasteiger partial charge on any atom is -0.481 e. The van der Waals surface area contributed by atoms with E-state index in [0.29, 0.717) is 72.9 Å². The smallest absolute Gasteiger partial charge is 0.416 e. The van der Waals surface area contributed by atoms with Gasteiger partial charge in [-0.05, 0) is 71.2 Å². The molecule has 2 fully saturated rings. The molecule has 0 saturated carbocycles. The third-order valence-corrected chi connectivity index (χ3v) is 8.96. The Kier molecular flexibility index (Phi) is 7.94. The number of nitrogens with zero attached hydrogens (tertiary/aromatic N) is 5. The van der Waals surface area contributed by atoms with Crippen LogP contribution in [0.1, 0.15) is 55.8 Å². The summed E-state index contributed by atoms with van der Waals surface area (Å²) in [5, 5.41) is 13.2. The van der Waals surface area contributed by atoms with Crippen molar-refractivity contribution in [3.63, 3.8) is 0 Å². The third-order valence-electron chi connectivity index (χ3n) is 8.00. The Bertz CT molecular complexity index is 1440. The van der Waals surface area contributed by atoms with Gasteiger partial charge in [-0.25, -0.2) is 19.3 Å². The van der Waals surface area contributed by atoms with Crippen molar-refractivity contribution in [2.45, 2.75) is 65.2 Å². The van der Waals surface area contributed by atoms with Crippen LogP contribution in [-0.2, 0) is 17.5 Å². The molecule has 4 heterocycles. The van der Waals surface area contributed by atoms with Crippen LogP contribution in [0.25, 0.3) is 11.3 Å². The Morgan fingerprint density at radius 1 is 1.15 bits per heavy atom. The van der Waals surface area contributed by atoms with E-state index in [0.717, 1.165) is 36.4 Å². The van der Waals surface area contributed by atoms with E-state index in [1.54, 1.807) is 19.9 Å². The van der Waals surface area contributed by atoms with Crippen LogP contribution in [0.3, 0.4) is 0 Å². The van der Waals surface area contributed by atoms with Gasteiger partial charge in [-0.3, -0.25) is 9.69 Å². The largest absolute Gasteiger partial charge is 0.481 e. The van der Waals surface area contributed by atoms with E-state index in [1.807, 2.05) is 4.90 Å². The van der Waals surface area contributed by atoms with Crippen molar-refractivity contribution in [1.29, 1.82) is 0 Å². The van der Waals surface area contributed by atoms with Crippen LogP contribution in [-0.4, -0.2) is 56.6 Å². The van der Waals surface area contributed by atoms with Gasteiger partial charge in [0.05, 0.1) is 16.7 Å². The molecule has 0 amide bonds. The summed E-state index contributed by atoms with van der Waals surface area (Å²) in [6, 6.07) is 4.58. The summed E-state index contributed by atoms with van der Waals surface area (Å²) >= 11 is 1.30. The number of carboxylic acids is 1. The first-order valence-electron chi connectivity index (χ1n) is 13.5. The van der Waals surface area contributed by atoms with E-state index >= 15 is 0 Å². The van der Waals surface area contributed by atoms with Crippen LogP contribution in [0.4, 0.5) is 34.3 Å². The number of likely N-dealkylation sites (tertiary alicyclic amines) is 1. The number of nitrogens with one attached hydrogen (secondary N) is 1. The summed E-state index contributed by atoms with van der Waals surface area (Å²) < 4.78 is 54.8. The molecule has 8 nitrogen and oxygen atoms in total. The molecule has 1 atom stereocenters. The van der Waals surface area contributed by atoms with Crippen molar-refractivity contribution in [3.05, 3.63) is 46.3 Å². The van der Waals surface area contributed by atoms with Gasteiger partial charge >= 0.3 is 12.1 Å². The normalized spacial score (nSPS) is 19.5. The van der Waals surface area contributed by atoms with Crippen molar-refractivity contribution < 1.29 is 27.5 Å². The van der Waals surface area contributed by atoms with Crippen molar-refractivity contribution in [2.24, 2.45) is 5.41 Å². The van der Waals surface area contributed by atoms with Crippen LogP contribution in [0.15, 0.2) is 24.3 Å². The molecule has 0 bridgehead atoms. The maximum Gasteiger partial charge on any atom is 0.416 e. The predicted octanol–water partition coefficient (Wildman–Crippen LogP) is 6.49. The standard InChI is InChI=1S/C28H32F4N6O2S/c1-16-5-4-8-38(16)15-21-24(18-11-19(28(30,31)32)13-20(29)12-18)36-26(41-21)35-22-14-23(34-17(2)33-22)37-9-6-27(3,7-10-37)25(39)40/h11-14,16H,4-10,15H2,1-3H3,(H,39,40)(H,33,34,35,36)/t16-/m1/s1. The van der Waals surface area contributed by atoms with Crippen molar-refractivity contribution >= 4 is 34.1 Å². The SMILES string of the molecule is Cc1nc(Nc2nc(-c3cc(F)cc(C(F)(F)F)c3)c(CN3CCC[C@H]3C)s2)cc(N2CCC(C)(C(=O)O)CC2)n1. The average molecular weight is 593 g/mol. The molecule has 2 aromatic heterocycles. The van der Waals surface area contributed by atoms with Gasteiger partial charge in [-0.2, -0.15) is 13.2 Å². The second-order valence-electron chi connectivity index (χ2n) is 11.1. The van der Waals surface area contributed by atoms with Crippen LogP contribution >= 0.6 is 11.3 Å².